The van der Waals surface area contributed by atoms with E-state index in [1.165, 1.54) is 0 Å². The average molecular weight is 290 g/mol. The van der Waals surface area contributed by atoms with Gasteiger partial charge >= 0.3 is 0 Å². The lowest BCUT2D eigenvalue weighted by atomic mass is 10.0. The van der Waals surface area contributed by atoms with Crippen LogP contribution in [0.4, 0.5) is 0 Å². The van der Waals surface area contributed by atoms with Crippen LogP contribution in [0.1, 0.15) is 29.5 Å². The molecule has 1 aromatic carbocycles. The van der Waals surface area contributed by atoms with Gasteiger partial charge in [-0.2, -0.15) is 0 Å². The molecule has 0 bridgehead atoms. The quantitative estimate of drug-likeness (QED) is 0.324. The average Bonchev–Trinajstić information content (AvgIpc) is 3.02. The second kappa shape index (κ2) is 7.08. The second-order valence-corrected chi connectivity index (χ2v) is 5.32. The molecular weight excluding hydrogens is 268 g/mol. The van der Waals surface area contributed by atoms with E-state index in [-0.39, 0.29) is 11.7 Å². The Labute approximate surface area is 124 Å². The predicted octanol–water partition coefficient (Wildman–Crippen LogP) is 0.802. The number of benzene rings is 1. The van der Waals surface area contributed by atoms with Gasteiger partial charge in [0.2, 0.25) is 5.91 Å². The van der Waals surface area contributed by atoms with Gasteiger partial charge in [0.25, 0.3) is 0 Å². The molecule has 0 radical (unpaired) electrons. The molecule has 1 aliphatic heterocycles. The van der Waals surface area contributed by atoms with E-state index in [4.69, 9.17) is 10.9 Å². The van der Waals surface area contributed by atoms with Gasteiger partial charge in [-0.25, -0.2) is 0 Å². The van der Waals surface area contributed by atoms with Gasteiger partial charge in [0.05, 0.1) is 6.54 Å². The van der Waals surface area contributed by atoms with Crippen LogP contribution in [-0.2, 0) is 11.3 Å². The lowest BCUT2D eigenvalue weighted by molar-refractivity contribution is -0.129. The van der Waals surface area contributed by atoms with Crippen molar-refractivity contribution < 1.29 is 10.0 Å². The summed E-state index contributed by atoms with van der Waals surface area (Å²) in [4.78, 5) is 13.8. The first-order valence-corrected chi connectivity index (χ1v) is 7.17. The first kappa shape index (κ1) is 15.3. The zero-order valence-corrected chi connectivity index (χ0v) is 12.3. The Morgan fingerprint density at radius 2 is 2.14 bits per heavy atom. The topological polar surface area (TPSA) is 91.0 Å². The van der Waals surface area contributed by atoms with Gasteiger partial charge in [0.1, 0.15) is 0 Å². The van der Waals surface area contributed by atoms with Crippen molar-refractivity contribution in [2.75, 3.05) is 19.6 Å². The molecule has 114 valence electrons. The molecule has 2 rings (SSSR count). The Hall–Kier alpha value is -2.08. The molecule has 1 aliphatic rings. The number of nitrogens with one attached hydrogen (secondary N) is 1. The summed E-state index contributed by atoms with van der Waals surface area (Å²) < 4.78 is 0. The van der Waals surface area contributed by atoms with E-state index in [2.05, 4.69) is 10.5 Å². The number of rotatable bonds is 5. The summed E-state index contributed by atoms with van der Waals surface area (Å²) in [6.45, 7) is 4.72. The largest absolute Gasteiger partial charge is 0.409 e. The Kier molecular flexibility index (Phi) is 5.16. The van der Waals surface area contributed by atoms with Crippen molar-refractivity contribution in [2.45, 2.75) is 26.3 Å². The van der Waals surface area contributed by atoms with E-state index < -0.39 is 0 Å². The van der Waals surface area contributed by atoms with Crippen molar-refractivity contribution in [3.63, 3.8) is 0 Å². The second-order valence-electron chi connectivity index (χ2n) is 5.32. The minimum atomic E-state index is 0.0989. The fraction of sp³-hybridized carbons (Fsp3) is 0.467. The molecule has 0 spiro atoms. The van der Waals surface area contributed by atoms with Crippen LogP contribution < -0.4 is 11.1 Å². The Bertz CT molecular complexity index is 536. The lowest BCUT2D eigenvalue weighted by Crippen LogP contribution is -2.36. The molecule has 6 nitrogen and oxygen atoms in total. The summed E-state index contributed by atoms with van der Waals surface area (Å²) in [5.41, 5.74) is 8.38. The predicted molar refractivity (Wildman–Crippen MR) is 81.2 cm³/mol. The molecule has 6 heteroatoms. The number of amidine groups is 1. The number of oxime groups is 1. The van der Waals surface area contributed by atoms with E-state index in [0.29, 0.717) is 18.7 Å². The number of carbonyl (C=O) groups is 1. The molecule has 0 atom stereocenters. The minimum absolute atomic E-state index is 0.0989. The highest BCUT2D eigenvalue weighted by Gasteiger charge is 2.17. The summed E-state index contributed by atoms with van der Waals surface area (Å²) >= 11 is 0. The first-order valence-electron chi connectivity index (χ1n) is 7.17. The maximum atomic E-state index is 11.9. The fourth-order valence-electron chi connectivity index (χ4n) is 2.49. The molecule has 1 fully saturated rings. The molecule has 1 heterocycles. The van der Waals surface area contributed by atoms with Crippen molar-refractivity contribution in [1.29, 1.82) is 0 Å². The maximum absolute atomic E-state index is 11.9. The van der Waals surface area contributed by atoms with E-state index >= 15 is 0 Å². The normalized spacial score (nSPS) is 15.5. The Morgan fingerprint density at radius 1 is 1.43 bits per heavy atom. The van der Waals surface area contributed by atoms with Crippen LogP contribution in [0.3, 0.4) is 0 Å². The van der Waals surface area contributed by atoms with Crippen molar-refractivity contribution >= 4 is 11.7 Å². The third kappa shape index (κ3) is 3.95. The number of hydrogen-bond acceptors (Lipinski definition) is 4. The standard InChI is InChI=1S/C15H22N4O2/c1-11-8-12(15(16)18-21)4-5-13(11)9-17-10-14(20)19-6-2-3-7-19/h4-5,8,17,21H,2-3,6-7,9-10H2,1H3,(H2,16,18). The lowest BCUT2D eigenvalue weighted by Gasteiger charge is -2.16. The molecule has 0 aromatic heterocycles. The zero-order valence-electron chi connectivity index (χ0n) is 12.3. The number of carbonyl (C=O) groups excluding carboxylic acids is 1. The number of nitrogens with two attached hydrogens (primary N) is 1. The van der Waals surface area contributed by atoms with Gasteiger partial charge in [0.15, 0.2) is 5.84 Å². The summed E-state index contributed by atoms with van der Waals surface area (Å²) in [6.07, 6.45) is 2.22. The van der Waals surface area contributed by atoms with Gasteiger partial charge in [-0.3, -0.25) is 4.79 Å². The van der Waals surface area contributed by atoms with Crippen LogP contribution >= 0.6 is 0 Å². The van der Waals surface area contributed by atoms with Gasteiger partial charge in [-0.1, -0.05) is 17.3 Å². The number of aryl methyl sites for hydroxylation is 1. The molecule has 1 saturated heterocycles. The summed E-state index contributed by atoms with van der Waals surface area (Å²) in [5, 5.41) is 14.8. The van der Waals surface area contributed by atoms with Crippen molar-refractivity contribution in [1.82, 2.24) is 10.2 Å². The number of amides is 1. The third-order valence-electron chi connectivity index (χ3n) is 3.80. The molecule has 0 saturated carbocycles. The van der Waals surface area contributed by atoms with E-state index in [0.717, 1.165) is 37.1 Å². The van der Waals surface area contributed by atoms with Gasteiger partial charge in [0, 0.05) is 25.2 Å². The van der Waals surface area contributed by atoms with Crippen LogP contribution in [-0.4, -0.2) is 41.5 Å². The van der Waals surface area contributed by atoms with Crippen LogP contribution in [0, 0.1) is 6.92 Å². The monoisotopic (exact) mass is 290 g/mol. The summed E-state index contributed by atoms with van der Waals surface area (Å²) in [6, 6.07) is 5.60. The highest BCUT2D eigenvalue weighted by Crippen LogP contribution is 2.11. The third-order valence-corrected chi connectivity index (χ3v) is 3.80. The number of hydrogen-bond donors (Lipinski definition) is 3. The highest BCUT2D eigenvalue weighted by atomic mass is 16.4. The first-order chi connectivity index (χ1) is 10.1. The van der Waals surface area contributed by atoms with Crippen LogP contribution in [0.25, 0.3) is 0 Å². The van der Waals surface area contributed by atoms with E-state index in [9.17, 15) is 4.79 Å². The molecular formula is C15H22N4O2. The smallest absolute Gasteiger partial charge is 0.236 e. The van der Waals surface area contributed by atoms with E-state index in [1.54, 1.807) is 6.07 Å². The summed E-state index contributed by atoms with van der Waals surface area (Å²) in [5.74, 6) is 0.264. The van der Waals surface area contributed by atoms with Crippen molar-refractivity contribution in [3.8, 4) is 0 Å². The Balaban J connectivity index is 1.87. The fourth-order valence-corrected chi connectivity index (χ4v) is 2.49. The molecule has 0 unspecified atom stereocenters. The molecule has 1 aromatic rings. The van der Waals surface area contributed by atoms with Gasteiger partial charge in [-0.15, -0.1) is 0 Å². The Morgan fingerprint density at radius 3 is 2.76 bits per heavy atom. The summed E-state index contributed by atoms with van der Waals surface area (Å²) in [7, 11) is 0. The number of likely N-dealkylation sites (tertiary alicyclic amines) is 1. The SMILES string of the molecule is Cc1cc(/C(N)=N/O)ccc1CNCC(=O)N1CCCC1. The maximum Gasteiger partial charge on any atom is 0.236 e. The zero-order chi connectivity index (χ0) is 15.2. The highest BCUT2D eigenvalue weighted by molar-refractivity contribution is 5.97. The van der Waals surface area contributed by atoms with Crippen LogP contribution in [0.15, 0.2) is 23.4 Å². The van der Waals surface area contributed by atoms with E-state index in [1.807, 2.05) is 24.0 Å². The van der Waals surface area contributed by atoms with Gasteiger partial charge in [-0.05, 0) is 37.0 Å². The molecule has 1 amide bonds. The molecule has 21 heavy (non-hydrogen) atoms. The molecule has 0 aliphatic carbocycles. The minimum Gasteiger partial charge on any atom is -0.409 e. The van der Waals surface area contributed by atoms with Crippen LogP contribution in [0.5, 0.6) is 0 Å². The van der Waals surface area contributed by atoms with Crippen LogP contribution in [0.2, 0.25) is 0 Å². The van der Waals surface area contributed by atoms with Crippen molar-refractivity contribution in [3.05, 3.63) is 34.9 Å². The van der Waals surface area contributed by atoms with Crippen molar-refractivity contribution in [2.24, 2.45) is 10.9 Å². The van der Waals surface area contributed by atoms with Gasteiger partial charge < -0.3 is 21.2 Å². The number of nitrogens with zero attached hydrogens (tertiary/aromatic N) is 2. The molecule has 4 N–H and O–H groups in total.